The van der Waals surface area contributed by atoms with Crippen LogP contribution in [0.4, 0.5) is 0 Å². The average Bonchev–Trinajstić information content (AvgIpc) is 2.36. The van der Waals surface area contributed by atoms with Crippen molar-refractivity contribution in [1.29, 1.82) is 0 Å². The Morgan fingerprint density at radius 1 is 1.05 bits per heavy atom. The Hall–Kier alpha value is -0.160. The highest BCUT2D eigenvalue weighted by Gasteiger charge is 2.07. The predicted molar refractivity (Wildman–Crippen MR) is 92.2 cm³/mol. The topological polar surface area (TPSA) is 58.7 Å². The highest BCUT2D eigenvalue weighted by atomic mass is 17.1. The van der Waals surface area contributed by atoms with Crippen LogP contribution in [0.3, 0.4) is 0 Å². The van der Waals surface area contributed by atoms with Crippen molar-refractivity contribution in [1.82, 2.24) is 4.90 Å². The van der Waals surface area contributed by atoms with Crippen molar-refractivity contribution in [3.8, 4) is 0 Å². The van der Waals surface area contributed by atoms with E-state index in [0.29, 0.717) is 0 Å². The first-order valence-corrected chi connectivity index (χ1v) is 7.58. The van der Waals surface area contributed by atoms with Gasteiger partial charge in [-0.2, -0.15) is 0 Å². The molecule has 0 aromatic heterocycles. The van der Waals surface area contributed by atoms with E-state index in [4.69, 9.17) is 11.0 Å². The minimum atomic E-state index is -0.403. The van der Waals surface area contributed by atoms with E-state index in [0.717, 1.165) is 6.54 Å². The summed E-state index contributed by atoms with van der Waals surface area (Å²) in [5, 5.41) is 7.90. The summed E-state index contributed by atoms with van der Waals surface area (Å²) in [7, 11) is 2.22. The lowest BCUT2D eigenvalue weighted by atomic mass is 10.2. The summed E-state index contributed by atoms with van der Waals surface area (Å²) in [6.45, 7) is 10.9. The molecule has 0 atom stereocenters. The molecule has 4 heteroatoms. The zero-order chi connectivity index (χ0) is 15.1. The molecule has 128 valence electrons. The van der Waals surface area contributed by atoms with Gasteiger partial charge in [-0.3, -0.25) is 5.26 Å². The van der Waals surface area contributed by atoms with Crippen LogP contribution in [0.2, 0.25) is 0 Å². The van der Waals surface area contributed by atoms with E-state index in [-0.39, 0.29) is 8.85 Å². The molecule has 0 aromatic carbocycles. The quantitative estimate of drug-likeness (QED) is 0.376. The molecule has 0 aliphatic heterocycles. The Balaban J connectivity index is -0.000000156. The summed E-state index contributed by atoms with van der Waals surface area (Å²) < 4.78 is 0. The Kier molecular flexibility index (Phi) is 21.0. The van der Waals surface area contributed by atoms with Crippen LogP contribution in [0.15, 0.2) is 0 Å². The lowest BCUT2D eigenvalue weighted by Gasteiger charge is -2.15. The maximum Gasteiger partial charge on any atom is 0.0949 e. The van der Waals surface area contributed by atoms with Gasteiger partial charge in [0.1, 0.15) is 0 Å². The van der Waals surface area contributed by atoms with Gasteiger partial charge in [0, 0.05) is 1.43 Å². The van der Waals surface area contributed by atoms with E-state index in [1.165, 1.54) is 51.6 Å². The Morgan fingerprint density at radius 3 is 1.90 bits per heavy atom. The molecule has 0 fully saturated rings. The fourth-order valence-electron chi connectivity index (χ4n) is 1.42. The fourth-order valence-corrected chi connectivity index (χ4v) is 1.42. The van der Waals surface area contributed by atoms with E-state index in [1.54, 1.807) is 20.8 Å². The second-order valence-corrected chi connectivity index (χ2v) is 6.06. The molecule has 0 amide bonds. The summed E-state index contributed by atoms with van der Waals surface area (Å²) in [5.41, 5.74) is 5.02. The van der Waals surface area contributed by atoms with Crippen LogP contribution in [0.25, 0.3) is 0 Å². The number of hydrogen-bond donors (Lipinski definition) is 2. The largest absolute Gasteiger partial charge is 0.330 e. The Labute approximate surface area is 129 Å². The zero-order valence-electron chi connectivity index (χ0n) is 13.7. The monoisotopic (exact) mass is 294 g/mol. The van der Waals surface area contributed by atoms with Gasteiger partial charge in [0.25, 0.3) is 0 Å². The van der Waals surface area contributed by atoms with Crippen LogP contribution in [0.1, 0.15) is 75.1 Å². The maximum absolute atomic E-state index is 7.90. The van der Waals surface area contributed by atoms with E-state index in [1.807, 2.05) is 0 Å². The number of rotatable bonds is 9. The fraction of sp³-hybridized carbons (Fsp3) is 1.00. The van der Waals surface area contributed by atoms with Gasteiger partial charge in [-0.15, -0.1) is 0 Å². The van der Waals surface area contributed by atoms with E-state index in [2.05, 4.69) is 23.8 Å². The van der Waals surface area contributed by atoms with Crippen LogP contribution in [-0.2, 0) is 4.89 Å². The smallest absolute Gasteiger partial charge is 0.0949 e. The molecule has 0 aliphatic rings. The first-order chi connectivity index (χ1) is 8.87. The van der Waals surface area contributed by atoms with Crippen LogP contribution < -0.4 is 5.73 Å². The Bertz CT molecular complexity index is 176. The molecule has 0 heterocycles. The summed E-state index contributed by atoms with van der Waals surface area (Å²) in [6.07, 6.45) is 7.81. The van der Waals surface area contributed by atoms with Gasteiger partial charge in [-0.25, -0.2) is 4.89 Å². The molecule has 20 heavy (non-hydrogen) atoms. The van der Waals surface area contributed by atoms with Crippen molar-refractivity contribution in [3.63, 3.8) is 0 Å². The molecule has 0 bridgehead atoms. The molecular weight excluding hydrogens is 252 g/mol. The van der Waals surface area contributed by atoms with Crippen LogP contribution in [0.5, 0.6) is 0 Å². The minimum Gasteiger partial charge on any atom is -0.330 e. The third-order valence-corrected chi connectivity index (χ3v) is 2.66. The normalized spacial score (nSPS) is 10.8. The van der Waals surface area contributed by atoms with E-state index < -0.39 is 5.60 Å². The van der Waals surface area contributed by atoms with Gasteiger partial charge in [-0.1, -0.05) is 33.6 Å². The third kappa shape index (κ3) is 26.4. The maximum atomic E-state index is 7.90. The predicted octanol–water partition coefficient (Wildman–Crippen LogP) is 4.39. The average molecular weight is 295 g/mol. The van der Waals surface area contributed by atoms with Crippen molar-refractivity contribution in [2.45, 2.75) is 79.2 Å². The SMILES string of the molecule is C.CC(C)(C)OO.CCCCN(C)CCCCCCN.[HH]. The lowest BCUT2D eigenvalue weighted by Crippen LogP contribution is -2.20. The van der Waals surface area contributed by atoms with E-state index in [9.17, 15) is 0 Å². The van der Waals surface area contributed by atoms with Crippen molar-refractivity contribution in [3.05, 3.63) is 0 Å². The molecule has 0 aliphatic carbocycles. The summed E-state index contributed by atoms with van der Waals surface area (Å²) >= 11 is 0. The Morgan fingerprint density at radius 2 is 1.50 bits per heavy atom. The molecule has 4 nitrogen and oxygen atoms in total. The zero-order valence-corrected chi connectivity index (χ0v) is 13.7. The van der Waals surface area contributed by atoms with Gasteiger partial charge in [0.15, 0.2) is 0 Å². The number of hydrogen-bond acceptors (Lipinski definition) is 4. The first-order valence-electron chi connectivity index (χ1n) is 7.58. The lowest BCUT2D eigenvalue weighted by molar-refractivity contribution is -0.306. The van der Waals surface area contributed by atoms with Gasteiger partial charge in [-0.05, 0) is 66.7 Å². The van der Waals surface area contributed by atoms with Gasteiger partial charge < -0.3 is 10.6 Å². The van der Waals surface area contributed by atoms with Gasteiger partial charge >= 0.3 is 0 Å². The van der Waals surface area contributed by atoms with Crippen LogP contribution >= 0.6 is 0 Å². The molecular formula is C16H42N2O2. The second-order valence-electron chi connectivity index (χ2n) is 6.06. The highest BCUT2D eigenvalue weighted by Crippen LogP contribution is 2.02. The summed E-state index contributed by atoms with van der Waals surface area (Å²) in [4.78, 5) is 6.37. The minimum absolute atomic E-state index is 0. The molecule has 0 spiro atoms. The molecule has 0 saturated heterocycles. The van der Waals surface area contributed by atoms with Crippen LogP contribution in [0, 0.1) is 0 Å². The van der Waals surface area contributed by atoms with Crippen molar-refractivity contribution in [2.75, 3.05) is 26.7 Å². The molecule has 0 rings (SSSR count). The van der Waals surface area contributed by atoms with Crippen molar-refractivity contribution in [2.24, 2.45) is 5.73 Å². The molecule has 3 N–H and O–H groups in total. The van der Waals surface area contributed by atoms with Crippen molar-refractivity contribution >= 4 is 0 Å². The van der Waals surface area contributed by atoms with Gasteiger partial charge in [0.2, 0.25) is 0 Å². The number of nitrogens with two attached hydrogens (primary N) is 1. The van der Waals surface area contributed by atoms with E-state index >= 15 is 0 Å². The van der Waals surface area contributed by atoms with Gasteiger partial charge in [0.05, 0.1) is 5.60 Å². The number of nitrogens with zero attached hydrogens (tertiary/aromatic N) is 1. The number of unbranched alkanes of at least 4 members (excludes halogenated alkanes) is 4. The summed E-state index contributed by atoms with van der Waals surface area (Å²) in [6, 6.07) is 0. The van der Waals surface area contributed by atoms with Crippen LogP contribution in [-0.4, -0.2) is 42.4 Å². The molecule has 0 unspecified atom stereocenters. The summed E-state index contributed by atoms with van der Waals surface area (Å²) in [5.74, 6) is 0. The third-order valence-electron chi connectivity index (χ3n) is 2.66. The molecule has 0 radical (unpaired) electrons. The van der Waals surface area contributed by atoms with Crippen molar-refractivity contribution < 1.29 is 11.6 Å². The molecule has 0 aromatic rings. The second kappa shape index (κ2) is 16.9. The molecule has 0 saturated carbocycles. The first kappa shape index (κ1) is 24.8. The highest BCUT2D eigenvalue weighted by molar-refractivity contribution is 4.53. The standard InChI is InChI=1S/C11H26N2.C4H10O2.CH4.H2/c1-3-4-10-13(2)11-8-6-5-7-9-12;1-4(2,3)6-5;;/h3-12H2,1-2H3;5H,1-3H3;1H4;1H.